The predicted octanol–water partition coefficient (Wildman–Crippen LogP) is 2.18. The molecule has 7 nitrogen and oxygen atoms in total. The first kappa shape index (κ1) is 16.8. The van der Waals surface area contributed by atoms with Crippen molar-refractivity contribution in [3.63, 3.8) is 0 Å². The number of anilines is 1. The number of aromatic nitrogens is 2. The van der Waals surface area contributed by atoms with E-state index in [2.05, 4.69) is 10.3 Å². The van der Waals surface area contributed by atoms with Crippen LogP contribution in [-0.2, 0) is 18.3 Å². The summed E-state index contributed by atoms with van der Waals surface area (Å²) < 4.78 is 1.37. The average Bonchev–Trinajstić information content (AvgIpc) is 2.88. The van der Waals surface area contributed by atoms with E-state index in [-0.39, 0.29) is 17.9 Å². The van der Waals surface area contributed by atoms with Crippen LogP contribution in [0.2, 0.25) is 0 Å². The third kappa shape index (κ3) is 3.29. The van der Waals surface area contributed by atoms with Crippen molar-refractivity contribution in [2.45, 2.75) is 13.3 Å². The number of carbonyl (C=O) groups excluding carboxylic acids is 1. The zero-order chi connectivity index (χ0) is 18.1. The molecule has 8 heteroatoms. The molecule has 0 unspecified atom stereocenters. The smallest absolute Gasteiger partial charge is 0.307 e. The third-order valence-electron chi connectivity index (χ3n) is 3.76. The number of thiophene rings is 1. The highest BCUT2D eigenvalue weighted by molar-refractivity contribution is 7.20. The molecule has 0 saturated heterocycles. The number of rotatable bonds is 4. The van der Waals surface area contributed by atoms with E-state index in [1.54, 1.807) is 38.2 Å². The molecule has 0 aliphatic heterocycles. The first-order chi connectivity index (χ1) is 11.9. The third-order valence-corrected chi connectivity index (χ3v) is 4.96. The molecule has 3 aromatic rings. The number of carboxylic acid groups (broad SMARTS) is 1. The van der Waals surface area contributed by atoms with E-state index in [1.807, 2.05) is 0 Å². The van der Waals surface area contributed by atoms with Gasteiger partial charge in [0.2, 0.25) is 0 Å². The van der Waals surface area contributed by atoms with Crippen LogP contribution in [0.3, 0.4) is 0 Å². The minimum absolute atomic E-state index is 0.119. The standard InChI is InChI=1S/C17H15N3O4S/c1-9-13-16(18-8-20(2)17(13)24)25-14(9)15(23)19-11-5-3-4-10(6-11)7-12(21)22/h3-6,8H,7H2,1-2H3,(H,19,23)(H,21,22). The highest BCUT2D eigenvalue weighted by Crippen LogP contribution is 2.27. The molecular formula is C17H15N3O4S. The summed E-state index contributed by atoms with van der Waals surface area (Å²) in [5, 5.41) is 12.1. The quantitative estimate of drug-likeness (QED) is 0.745. The maximum Gasteiger partial charge on any atom is 0.307 e. The van der Waals surface area contributed by atoms with Gasteiger partial charge in [-0.1, -0.05) is 12.1 Å². The Balaban J connectivity index is 1.93. The van der Waals surface area contributed by atoms with E-state index in [9.17, 15) is 14.4 Å². The van der Waals surface area contributed by atoms with Crippen LogP contribution in [0, 0.1) is 6.92 Å². The lowest BCUT2D eigenvalue weighted by atomic mass is 10.1. The predicted molar refractivity (Wildman–Crippen MR) is 95.3 cm³/mol. The Labute approximate surface area is 146 Å². The average molecular weight is 357 g/mol. The van der Waals surface area contributed by atoms with Crippen LogP contribution in [-0.4, -0.2) is 26.5 Å². The number of nitrogens with zero attached hydrogens (tertiary/aromatic N) is 2. The van der Waals surface area contributed by atoms with E-state index in [0.29, 0.717) is 31.9 Å². The van der Waals surface area contributed by atoms with Crippen LogP contribution in [0.4, 0.5) is 5.69 Å². The fraction of sp³-hybridized carbons (Fsp3) is 0.176. The summed E-state index contributed by atoms with van der Waals surface area (Å²) in [5.41, 5.74) is 1.49. The maximum absolute atomic E-state index is 12.6. The summed E-state index contributed by atoms with van der Waals surface area (Å²) in [5.74, 6) is -1.29. The van der Waals surface area contributed by atoms with Crippen LogP contribution in [0.5, 0.6) is 0 Å². The Kier molecular flexibility index (Phi) is 4.37. The molecule has 0 aliphatic carbocycles. The second-order valence-electron chi connectivity index (χ2n) is 5.62. The lowest BCUT2D eigenvalue weighted by Crippen LogP contribution is -2.17. The molecule has 0 aliphatic rings. The number of nitrogens with one attached hydrogen (secondary N) is 1. The van der Waals surface area contributed by atoms with Gasteiger partial charge < -0.3 is 15.0 Å². The van der Waals surface area contributed by atoms with E-state index in [0.717, 1.165) is 11.3 Å². The molecule has 0 bridgehead atoms. The van der Waals surface area contributed by atoms with E-state index >= 15 is 0 Å². The second kappa shape index (κ2) is 6.48. The number of aryl methyl sites for hydroxylation is 2. The van der Waals surface area contributed by atoms with Crippen LogP contribution in [0.15, 0.2) is 35.4 Å². The Bertz CT molecular complexity index is 1050. The lowest BCUT2D eigenvalue weighted by molar-refractivity contribution is -0.136. The van der Waals surface area contributed by atoms with E-state index in [1.165, 1.54) is 10.9 Å². The fourth-order valence-corrected chi connectivity index (χ4v) is 3.58. The Morgan fingerprint density at radius 1 is 1.36 bits per heavy atom. The molecular weight excluding hydrogens is 342 g/mol. The first-order valence-corrected chi connectivity index (χ1v) is 8.25. The van der Waals surface area contributed by atoms with Crippen molar-refractivity contribution in [2.75, 3.05) is 5.32 Å². The number of carboxylic acids is 1. The molecule has 0 atom stereocenters. The SMILES string of the molecule is Cc1c(C(=O)Nc2cccc(CC(=O)O)c2)sc2ncn(C)c(=O)c12. The van der Waals surface area contributed by atoms with Gasteiger partial charge in [-0.15, -0.1) is 11.3 Å². The van der Waals surface area contributed by atoms with Gasteiger partial charge in [-0.3, -0.25) is 14.4 Å². The molecule has 2 aromatic heterocycles. The molecule has 1 aromatic carbocycles. The molecule has 3 rings (SSSR count). The van der Waals surface area contributed by atoms with E-state index in [4.69, 9.17) is 5.11 Å². The normalized spacial score (nSPS) is 10.8. The van der Waals surface area contributed by atoms with Crippen molar-refractivity contribution in [3.8, 4) is 0 Å². The van der Waals surface area contributed by atoms with Crippen molar-refractivity contribution >= 4 is 39.1 Å². The largest absolute Gasteiger partial charge is 0.481 e. The van der Waals surface area contributed by atoms with Crippen molar-refractivity contribution < 1.29 is 14.7 Å². The van der Waals surface area contributed by atoms with Crippen LogP contribution >= 0.6 is 11.3 Å². The monoisotopic (exact) mass is 357 g/mol. The highest BCUT2D eigenvalue weighted by atomic mass is 32.1. The summed E-state index contributed by atoms with van der Waals surface area (Å²) in [7, 11) is 1.61. The van der Waals surface area contributed by atoms with Gasteiger partial charge in [-0.25, -0.2) is 4.98 Å². The maximum atomic E-state index is 12.6. The number of benzene rings is 1. The van der Waals surface area contributed by atoms with Gasteiger partial charge >= 0.3 is 5.97 Å². The summed E-state index contributed by atoms with van der Waals surface area (Å²) in [6.07, 6.45) is 1.31. The number of fused-ring (bicyclic) bond motifs is 1. The number of amides is 1. The summed E-state index contributed by atoms with van der Waals surface area (Å²) in [6.45, 7) is 1.72. The number of carbonyl (C=O) groups is 2. The number of hydrogen-bond donors (Lipinski definition) is 2. The lowest BCUT2D eigenvalue weighted by Gasteiger charge is -2.06. The molecule has 2 N–H and O–H groups in total. The molecule has 128 valence electrons. The molecule has 1 amide bonds. The molecule has 0 fully saturated rings. The van der Waals surface area contributed by atoms with Gasteiger partial charge in [0.25, 0.3) is 11.5 Å². The van der Waals surface area contributed by atoms with Gasteiger partial charge in [-0.2, -0.15) is 0 Å². The minimum atomic E-state index is -0.939. The molecule has 0 spiro atoms. The van der Waals surface area contributed by atoms with Crippen LogP contribution in [0.25, 0.3) is 10.2 Å². The summed E-state index contributed by atoms with van der Waals surface area (Å²) in [6, 6.07) is 6.67. The summed E-state index contributed by atoms with van der Waals surface area (Å²) >= 11 is 1.16. The van der Waals surface area contributed by atoms with Gasteiger partial charge in [0.15, 0.2) is 0 Å². The molecule has 0 radical (unpaired) electrons. The van der Waals surface area contributed by atoms with E-state index < -0.39 is 5.97 Å². The van der Waals surface area contributed by atoms with Crippen molar-refractivity contribution in [3.05, 3.63) is 57.0 Å². The van der Waals surface area contributed by atoms with Crippen molar-refractivity contribution in [1.29, 1.82) is 0 Å². The van der Waals surface area contributed by atoms with Crippen molar-refractivity contribution in [2.24, 2.45) is 7.05 Å². The van der Waals surface area contributed by atoms with Crippen molar-refractivity contribution in [1.82, 2.24) is 9.55 Å². The Morgan fingerprint density at radius 2 is 2.12 bits per heavy atom. The topological polar surface area (TPSA) is 101 Å². The Hall–Kier alpha value is -3.00. The molecule has 2 heterocycles. The zero-order valence-electron chi connectivity index (χ0n) is 13.6. The van der Waals surface area contributed by atoms with Crippen LogP contribution in [0.1, 0.15) is 20.8 Å². The molecule has 0 saturated carbocycles. The summed E-state index contributed by atoms with van der Waals surface area (Å²) in [4.78, 5) is 40.7. The first-order valence-electron chi connectivity index (χ1n) is 7.43. The number of aliphatic carboxylic acids is 1. The zero-order valence-corrected chi connectivity index (χ0v) is 14.4. The van der Waals surface area contributed by atoms with Gasteiger partial charge in [0.05, 0.1) is 23.0 Å². The van der Waals surface area contributed by atoms with Gasteiger partial charge in [-0.05, 0) is 30.2 Å². The van der Waals surface area contributed by atoms with Gasteiger partial charge in [0.1, 0.15) is 4.83 Å². The molecule has 25 heavy (non-hydrogen) atoms. The fourth-order valence-electron chi connectivity index (χ4n) is 2.55. The Morgan fingerprint density at radius 3 is 2.84 bits per heavy atom. The second-order valence-corrected chi connectivity index (χ2v) is 6.62. The highest BCUT2D eigenvalue weighted by Gasteiger charge is 2.19. The van der Waals surface area contributed by atoms with Crippen LogP contribution < -0.4 is 10.9 Å². The number of hydrogen-bond acceptors (Lipinski definition) is 5. The minimum Gasteiger partial charge on any atom is -0.481 e. The van der Waals surface area contributed by atoms with Gasteiger partial charge in [0, 0.05) is 12.7 Å².